The van der Waals surface area contributed by atoms with E-state index in [1.807, 2.05) is 63.2 Å². The Bertz CT molecular complexity index is 1450. The van der Waals surface area contributed by atoms with Crippen LogP contribution in [-0.2, 0) is 26.0 Å². The van der Waals surface area contributed by atoms with Gasteiger partial charge in [-0.3, -0.25) is 13.9 Å². The molecule has 1 fully saturated rings. The summed E-state index contributed by atoms with van der Waals surface area (Å²) in [5.74, 6) is -0.635. The van der Waals surface area contributed by atoms with E-state index in [9.17, 15) is 18.0 Å². The molecule has 4 rings (SSSR count). The van der Waals surface area contributed by atoms with E-state index in [0.29, 0.717) is 12.1 Å². The van der Waals surface area contributed by atoms with Gasteiger partial charge in [0, 0.05) is 12.6 Å². The zero-order valence-electron chi connectivity index (χ0n) is 24.5. The molecule has 0 aromatic heterocycles. The molecule has 7 nitrogen and oxygen atoms in total. The molecular weight excluding hydrogens is 534 g/mol. The standard InChI is InChI=1S/C33H41N3O4S/c1-24-15-18-30(19-16-24)41(39,40)36(31-22-25(2)14-17-26(31)3)23-32(37)35(21-20-28-10-6-5-7-11-28)27(4)33(38)34-29-12-8-9-13-29/h5-7,10-11,14-19,22,27,29H,8-9,12-13,20-21,23H2,1-4H3,(H,34,38)/t27-/m1/s1. The third-order valence-electron chi connectivity index (χ3n) is 7.87. The SMILES string of the molecule is Cc1ccc(S(=O)(=O)N(CC(=O)N(CCc2ccccc2)[C@H](C)C(=O)NC2CCCC2)c2cc(C)ccc2C)cc1. The quantitative estimate of drug-likeness (QED) is 0.335. The molecule has 8 heteroatoms. The summed E-state index contributed by atoms with van der Waals surface area (Å²) >= 11 is 0. The van der Waals surface area contributed by atoms with Crippen molar-refractivity contribution in [3.05, 3.63) is 95.1 Å². The molecule has 0 heterocycles. The summed E-state index contributed by atoms with van der Waals surface area (Å²) in [7, 11) is -4.09. The van der Waals surface area contributed by atoms with Crippen LogP contribution >= 0.6 is 0 Å². The molecule has 1 saturated carbocycles. The fourth-order valence-electron chi connectivity index (χ4n) is 5.30. The van der Waals surface area contributed by atoms with Gasteiger partial charge in [0.25, 0.3) is 10.0 Å². The Kier molecular flexibility index (Phi) is 9.86. The molecule has 218 valence electrons. The first-order chi connectivity index (χ1) is 19.6. The Morgan fingerprint density at radius 2 is 1.54 bits per heavy atom. The average molecular weight is 576 g/mol. The summed E-state index contributed by atoms with van der Waals surface area (Å²) in [6.45, 7) is 7.21. The number of rotatable bonds is 11. The van der Waals surface area contributed by atoms with Crippen LogP contribution in [0.15, 0.2) is 77.7 Å². The number of hydrogen-bond acceptors (Lipinski definition) is 4. The Balaban J connectivity index is 1.67. The van der Waals surface area contributed by atoms with E-state index in [-0.39, 0.29) is 23.4 Å². The van der Waals surface area contributed by atoms with Crippen LogP contribution in [0.2, 0.25) is 0 Å². The second-order valence-corrected chi connectivity index (χ2v) is 13.0. The number of nitrogens with zero attached hydrogens (tertiary/aromatic N) is 2. The molecule has 0 spiro atoms. The molecule has 3 aromatic rings. The molecule has 1 atom stereocenters. The van der Waals surface area contributed by atoms with Gasteiger partial charge in [-0.15, -0.1) is 0 Å². The molecule has 1 aliphatic carbocycles. The molecule has 0 radical (unpaired) electrons. The highest BCUT2D eigenvalue weighted by Crippen LogP contribution is 2.28. The van der Waals surface area contributed by atoms with Gasteiger partial charge in [0.05, 0.1) is 10.6 Å². The zero-order valence-corrected chi connectivity index (χ0v) is 25.3. The number of sulfonamides is 1. The van der Waals surface area contributed by atoms with E-state index in [1.54, 1.807) is 37.3 Å². The molecule has 1 aliphatic rings. The first-order valence-corrected chi connectivity index (χ1v) is 15.8. The Morgan fingerprint density at radius 1 is 0.902 bits per heavy atom. The van der Waals surface area contributed by atoms with Crippen molar-refractivity contribution in [2.24, 2.45) is 0 Å². The summed E-state index contributed by atoms with van der Waals surface area (Å²) in [5.41, 5.74) is 4.04. The molecule has 0 unspecified atom stereocenters. The number of anilines is 1. The fourth-order valence-corrected chi connectivity index (χ4v) is 6.77. The highest BCUT2D eigenvalue weighted by atomic mass is 32.2. The van der Waals surface area contributed by atoms with Crippen molar-refractivity contribution in [2.45, 2.75) is 76.8 Å². The molecule has 0 bridgehead atoms. The van der Waals surface area contributed by atoms with E-state index < -0.39 is 28.5 Å². The summed E-state index contributed by atoms with van der Waals surface area (Å²) in [6, 6.07) is 21.3. The minimum absolute atomic E-state index is 0.111. The van der Waals surface area contributed by atoms with Crippen LogP contribution in [0.4, 0.5) is 5.69 Å². The molecule has 3 aromatic carbocycles. The molecule has 0 aliphatic heterocycles. The highest BCUT2D eigenvalue weighted by Gasteiger charge is 2.33. The number of amides is 2. The summed E-state index contributed by atoms with van der Waals surface area (Å²) in [5, 5.41) is 3.11. The van der Waals surface area contributed by atoms with Crippen LogP contribution in [-0.4, -0.2) is 50.3 Å². The number of nitrogens with one attached hydrogen (secondary N) is 1. The minimum Gasteiger partial charge on any atom is -0.352 e. The predicted octanol–water partition coefficient (Wildman–Crippen LogP) is 5.33. The second kappa shape index (κ2) is 13.3. The van der Waals surface area contributed by atoms with Gasteiger partial charge in [0.1, 0.15) is 12.6 Å². The fraction of sp³-hybridized carbons (Fsp3) is 0.394. The Morgan fingerprint density at radius 3 is 2.20 bits per heavy atom. The van der Waals surface area contributed by atoms with Gasteiger partial charge in [-0.1, -0.05) is 73.0 Å². The van der Waals surface area contributed by atoms with Crippen molar-refractivity contribution >= 4 is 27.5 Å². The topological polar surface area (TPSA) is 86.8 Å². The van der Waals surface area contributed by atoms with Crippen LogP contribution in [0.1, 0.15) is 54.9 Å². The smallest absolute Gasteiger partial charge is 0.264 e. The Hall–Kier alpha value is -3.65. The number of aryl methyl sites for hydroxylation is 3. The number of carbonyl (C=O) groups is 2. The van der Waals surface area contributed by atoms with E-state index in [0.717, 1.165) is 47.9 Å². The minimum atomic E-state index is -4.09. The average Bonchev–Trinajstić information content (AvgIpc) is 3.47. The lowest BCUT2D eigenvalue weighted by atomic mass is 10.1. The highest BCUT2D eigenvalue weighted by molar-refractivity contribution is 7.92. The third-order valence-corrected chi connectivity index (χ3v) is 9.65. The van der Waals surface area contributed by atoms with Gasteiger partial charge in [-0.2, -0.15) is 0 Å². The number of carbonyl (C=O) groups excluding carboxylic acids is 2. The maximum absolute atomic E-state index is 14.1. The van der Waals surface area contributed by atoms with Crippen LogP contribution in [0.5, 0.6) is 0 Å². The molecular formula is C33H41N3O4S. The molecule has 0 saturated heterocycles. The normalized spacial score (nSPS) is 14.4. The van der Waals surface area contributed by atoms with Crippen molar-refractivity contribution in [3.63, 3.8) is 0 Å². The van der Waals surface area contributed by atoms with E-state index >= 15 is 0 Å². The predicted molar refractivity (Wildman–Crippen MR) is 163 cm³/mol. The first kappa shape index (κ1) is 30.3. The summed E-state index contributed by atoms with van der Waals surface area (Å²) < 4.78 is 29.3. The summed E-state index contributed by atoms with van der Waals surface area (Å²) in [6.07, 6.45) is 4.58. The van der Waals surface area contributed by atoms with Crippen LogP contribution < -0.4 is 9.62 Å². The van der Waals surface area contributed by atoms with E-state index in [4.69, 9.17) is 0 Å². The third kappa shape index (κ3) is 7.55. The van der Waals surface area contributed by atoms with E-state index in [1.165, 1.54) is 9.21 Å². The molecule has 1 N–H and O–H groups in total. The largest absolute Gasteiger partial charge is 0.352 e. The monoisotopic (exact) mass is 575 g/mol. The number of hydrogen-bond donors (Lipinski definition) is 1. The van der Waals surface area contributed by atoms with Gasteiger partial charge in [0.2, 0.25) is 11.8 Å². The number of benzene rings is 3. The lowest BCUT2D eigenvalue weighted by Gasteiger charge is -2.33. The van der Waals surface area contributed by atoms with Crippen molar-refractivity contribution in [1.29, 1.82) is 0 Å². The van der Waals surface area contributed by atoms with Crippen LogP contribution in [0.25, 0.3) is 0 Å². The van der Waals surface area contributed by atoms with Gasteiger partial charge >= 0.3 is 0 Å². The maximum Gasteiger partial charge on any atom is 0.264 e. The first-order valence-electron chi connectivity index (χ1n) is 14.4. The van der Waals surface area contributed by atoms with Crippen LogP contribution in [0, 0.1) is 20.8 Å². The maximum atomic E-state index is 14.1. The zero-order chi connectivity index (χ0) is 29.6. The van der Waals surface area contributed by atoms with Crippen molar-refractivity contribution < 1.29 is 18.0 Å². The van der Waals surface area contributed by atoms with Crippen molar-refractivity contribution in [2.75, 3.05) is 17.4 Å². The molecule has 2 amide bonds. The summed E-state index contributed by atoms with van der Waals surface area (Å²) in [4.78, 5) is 29.1. The van der Waals surface area contributed by atoms with Crippen molar-refractivity contribution in [1.82, 2.24) is 10.2 Å². The lowest BCUT2D eigenvalue weighted by Crippen LogP contribution is -2.53. The van der Waals surface area contributed by atoms with Gasteiger partial charge in [0.15, 0.2) is 0 Å². The van der Waals surface area contributed by atoms with Gasteiger partial charge in [-0.05, 0) is 81.8 Å². The van der Waals surface area contributed by atoms with Gasteiger partial charge < -0.3 is 10.2 Å². The lowest BCUT2D eigenvalue weighted by molar-refractivity contribution is -0.139. The Labute approximate surface area is 244 Å². The van der Waals surface area contributed by atoms with E-state index in [2.05, 4.69) is 5.32 Å². The second-order valence-electron chi connectivity index (χ2n) is 11.1. The van der Waals surface area contributed by atoms with Crippen molar-refractivity contribution in [3.8, 4) is 0 Å². The van der Waals surface area contributed by atoms with Crippen LogP contribution in [0.3, 0.4) is 0 Å². The molecule has 41 heavy (non-hydrogen) atoms. The van der Waals surface area contributed by atoms with Gasteiger partial charge in [-0.25, -0.2) is 8.42 Å².